The molecule has 0 radical (unpaired) electrons. The van der Waals surface area contributed by atoms with Gasteiger partial charge in [0.05, 0.1) is 0 Å². The monoisotopic (exact) mass is 329 g/mol. The van der Waals surface area contributed by atoms with E-state index in [1.165, 1.54) is 12.8 Å². The molecule has 21 heavy (non-hydrogen) atoms. The quantitative estimate of drug-likeness (QED) is 0.751. The Balaban J connectivity index is 1.60. The average molecular weight is 330 g/mol. The molecule has 1 fully saturated rings. The molecule has 3 N–H and O–H groups in total. The summed E-state index contributed by atoms with van der Waals surface area (Å²) in [6.45, 7) is 2.35. The summed E-state index contributed by atoms with van der Waals surface area (Å²) in [6, 6.07) is 5.83. The molecule has 2 amide bonds. The molecular weight excluding hydrogens is 309 g/mol. The van der Waals surface area contributed by atoms with Crippen LogP contribution in [0.15, 0.2) is 18.2 Å². The molecule has 116 valence electrons. The predicted molar refractivity (Wildman–Crippen MR) is 87.2 cm³/mol. The van der Waals surface area contributed by atoms with Gasteiger partial charge in [-0.05, 0) is 49.9 Å². The molecule has 0 bridgehead atoms. The van der Waals surface area contributed by atoms with Crippen LogP contribution < -0.4 is 16.0 Å². The van der Waals surface area contributed by atoms with Gasteiger partial charge in [0.15, 0.2) is 0 Å². The first kappa shape index (κ1) is 16.4. The van der Waals surface area contributed by atoms with Gasteiger partial charge < -0.3 is 16.0 Å². The number of urea groups is 1. The van der Waals surface area contributed by atoms with E-state index in [0.29, 0.717) is 35.6 Å². The molecule has 0 saturated carbocycles. The first-order valence-corrected chi connectivity index (χ1v) is 8.10. The van der Waals surface area contributed by atoms with Crippen LogP contribution >= 0.6 is 23.2 Å². The lowest BCUT2D eigenvalue weighted by Crippen LogP contribution is -2.38. The Morgan fingerprint density at radius 2 is 2.10 bits per heavy atom. The second-order valence-corrected chi connectivity index (χ2v) is 6.09. The maximum atomic E-state index is 11.6. The van der Waals surface area contributed by atoms with Crippen molar-refractivity contribution < 1.29 is 4.79 Å². The van der Waals surface area contributed by atoms with Crippen LogP contribution in [0.4, 0.5) is 4.79 Å². The molecule has 4 nitrogen and oxygen atoms in total. The topological polar surface area (TPSA) is 53.2 Å². The van der Waals surface area contributed by atoms with Gasteiger partial charge in [-0.2, -0.15) is 0 Å². The molecule has 0 unspecified atom stereocenters. The van der Waals surface area contributed by atoms with Crippen LogP contribution in [-0.4, -0.2) is 31.7 Å². The van der Waals surface area contributed by atoms with Crippen LogP contribution in [-0.2, 0) is 6.42 Å². The SMILES string of the molecule is O=C(NCCc1ccc(Cl)cc1Cl)NCC[C@@H]1CCCN1. The summed E-state index contributed by atoms with van der Waals surface area (Å²) in [5, 5.41) is 10.4. The van der Waals surface area contributed by atoms with Gasteiger partial charge in [0, 0.05) is 29.2 Å². The Hall–Kier alpha value is -0.970. The van der Waals surface area contributed by atoms with Crippen molar-refractivity contribution in [3.8, 4) is 0 Å². The van der Waals surface area contributed by atoms with Crippen molar-refractivity contribution >= 4 is 29.2 Å². The largest absolute Gasteiger partial charge is 0.338 e. The molecule has 1 atom stereocenters. The highest BCUT2D eigenvalue weighted by molar-refractivity contribution is 6.35. The van der Waals surface area contributed by atoms with E-state index in [1.54, 1.807) is 12.1 Å². The summed E-state index contributed by atoms with van der Waals surface area (Å²) >= 11 is 11.9. The van der Waals surface area contributed by atoms with Crippen LogP contribution in [0.2, 0.25) is 10.0 Å². The van der Waals surface area contributed by atoms with Crippen LogP contribution in [0.3, 0.4) is 0 Å². The van der Waals surface area contributed by atoms with Crippen LogP contribution in [0.5, 0.6) is 0 Å². The molecule has 6 heteroatoms. The van der Waals surface area contributed by atoms with Gasteiger partial charge in [-0.15, -0.1) is 0 Å². The molecule has 1 heterocycles. The van der Waals surface area contributed by atoms with Gasteiger partial charge in [0.2, 0.25) is 0 Å². The minimum atomic E-state index is -0.127. The minimum Gasteiger partial charge on any atom is -0.338 e. The Morgan fingerprint density at radius 1 is 1.29 bits per heavy atom. The summed E-state index contributed by atoms with van der Waals surface area (Å²) in [5.41, 5.74) is 0.983. The van der Waals surface area contributed by atoms with Crippen molar-refractivity contribution in [2.24, 2.45) is 0 Å². The van der Waals surface area contributed by atoms with Gasteiger partial charge in [0.1, 0.15) is 0 Å². The van der Waals surface area contributed by atoms with Gasteiger partial charge in [0.25, 0.3) is 0 Å². The van der Waals surface area contributed by atoms with Crippen LogP contribution in [0.1, 0.15) is 24.8 Å². The minimum absolute atomic E-state index is 0.127. The average Bonchev–Trinajstić information content (AvgIpc) is 2.94. The maximum absolute atomic E-state index is 11.6. The number of halogens is 2. The molecule has 1 aliphatic heterocycles. The Bertz CT molecular complexity index is 476. The first-order chi connectivity index (χ1) is 10.1. The third kappa shape index (κ3) is 5.73. The number of carbonyl (C=O) groups is 1. The van der Waals surface area contributed by atoms with Crippen molar-refractivity contribution in [1.29, 1.82) is 0 Å². The summed E-state index contributed by atoms with van der Waals surface area (Å²) in [5.74, 6) is 0. The highest BCUT2D eigenvalue weighted by Gasteiger charge is 2.13. The van der Waals surface area contributed by atoms with E-state index in [4.69, 9.17) is 23.2 Å². The van der Waals surface area contributed by atoms with E-state index in [2.05, 4.69) is 16.0 Å². The number of benzene rings is 1. The van der Waals surface area contributed by atoms with Gasteiger partial charge in [-0.3, -0.25) is 0 Å². The van der Waals surface area contributed by atoms with Crippen molar-refractivity contribution in [1.82, 2.24) is 16.0 Å². The second-order valence-electron chi connectivity index (χ2n) is 5.25. The summed E-state index contributed by atoms with van der Waals surface area (Å²) < 4.78 is 0. The highest BCUT2D eigenvalue weighted by atomic mass is 35.5. The molecule has 1 aliphatic rings. The second kappa shape index (κ2) is 8.47. The highest BCUT2D eigenvalue weighted by Crippen LogP contribution is 2.20. The van der Waals surface area contributed by atoms with E-state index in [1.807, 2.05) is 6.07 Å². The third-order valence-corrected chi connectivity index (χ3v) is 4.22. The van der Waals surface area contributed by atoms with Crippen LogP contribution in [0.25, 0.3) is 0 Å². The zero-order chi connectivity index (χ0) is 15.1. The maximum Gasteiger partial charge on any atom is 0.314 e. The Morgan fingerprint density at radius 3 is 2.81 bits per heavy atom. The van der Waals surface area contributed by atoms with E-state index >= 15 is 0 Å². The molecule has 0 spiro atoms. The predicted octanol–water partition coefficient (Wildman–Crippen LogP) is 2.98. The van der Waals surface area contributed by atoms with E-state index in [-0.39, 0.29) is 6.03 Å². The standard InChI is InChI=1S/C15H21Cl2N3O/c16-12-4-3-11(14(17)10-12)5-8-19-15(21)20-9-6-13-2-1-7-18-13/h3-4,10,13,18H,1-2,5-9H2,(H2,19,20,21)/t13-/m0/s1. The number of nitrogens with one attached hydrogen (secondary N) is 3. The van der Waals surface area contributed by atoms with Crippen LogP contribution in [0, 0.1) is 0 Å². The molecule has 1 aromatic carbocycles. The number of rotatable bonds is 6. The Kier molecular flexibility index (Phi) is 6.61. The van der Waals surface area contributed by atoms with E-state index in [9.17, 15) is 4.79 Å². The number of carbonyl (C=O) groups excluding carboxylic acids is 1. The lowest BCUT2D eigenvalue weighted by atomic mass is 10.1. The first-order valence-electron chi connectivity index (χ1n) is 7.34. The Labute approximate surface area is 135 Å². The molecule has 2 rings (SSSR count). The summed E-state index contributed by atoms with van der Waals surface area (Å²) in [6.07, 6.45) is 4.11. The van der Waals surface area contributed by atoms with Crippen molar-refractivity contribution in [3.63, 3.8) is 0 Å². The van der Waals surface area contributed by atoms with Crippen molar-refractivity contribution in [2.45, 2.75) is 31.7 Å². The summed E-state index contributed by atoms with van der Waals surface area (Å²) in [7, 11) is 0. The van der Waals surface area contributed by atoms with E-state index in [0.717, 1.165) is 18.5 Å². The lowest BCUT2D eigenvalue weighted by molar-refractivity contribution is 0.240. The van der Waals surface area contributed by atoms with Crippen molar-refractivity contribution in [2.75, 3.05) is 19.6 Å². The number of hydrogen-bond acceptors (Lipinski definition) is 2. The molecule has 1 saturated heterocycles. The lowest BCUT2D eigenvalue weighted by Gasteiger charge is -2.11. The number of hydrogen-bond donors (Lipinski definition) is 3. The fraction of sp³-hybridized carbons (Fsp3) is 0.533. The number of amides is 2. The molecular formula is C15H21Cl2N3O. The van der Waals surface area contributed by atoms with Gasteiger partial charge >= 0.3 is 6.03 Å². The summed E-state index contributed by atoms with van der Waals surface area (Å²) in [4.78, 5) is 11.6. The van der Waals surface area contributed by atoms with Crippen molar-refractivity contribution in [3.05, 3.63) is 33.8 Å². The zero-order valence-corrected chi connectivity index (χ0v) is 13.4. The smallest absolute Gasteiger partial charge is 0.314 e. The molecule has 1 aromatic rings. The van der Waals surface area contributed by atoms with E-state index < -0.39 is 0 Å². The fourth-order valence-electron chi connectivity index (χ4n) is 2.46. The molecule has 0 aromatic heterocycles. The fourth-order valence-corrected chi connectivity index (χ4v) is 2.96. The zero-order valence-electron chi connectivity index (χ0n) is 11.9. The third-order valence-electron chi connectivity index (χ3n) is 3.64. The van der Waals surface area contributed by atoms with Gasteiger partial charge in [-0.1, -0.05) is 29.3 Å². The normalized spacial score (nSPS) is 17.7. The van der Waals surface area contributed by atoms with Gasteiger partial charge in [-0.25, -0.2) is 4.79 Å². The molecule has 0 aliphatic carbocycles.